The molecule has 1 N–H and O–H groups in total. The van der Waals surface area contributed by atoms with Crippen LogP contribution in [0.1, 0.15) is 5.56 Å². The van der Waals surface area contributed by atoms with Crippen LogP contribution < -0.4 is 10.1 Å². The SMILES string of the molecule is COc1cccc(CNC(=O)CSc2ccc(F)cc2)c1. The molecule has 2 rings (SSSR count). The zero-order chi connectivity index (χ0) is 15.1. The van der Waals surface area contributed by atoms with Gasteiger partial charge in [0.2, 0.25) is 5.91 Å². The van der Waals surface area contributed by atoms with Crippen LogP contribution in [-0.4, -0.2) is 18.8 Å². The van der Waals surface area contributed by atoms with Gasteiger partial charge in [0.15, 0.2) is 0 Å². The number of hydrogen-bond donors (Lipinski definition) is 1. The minimum absolute atomic E-state index is 0.0628. The predicted octanol–water partition coefficient (Wildman–Crippen LogP) is 3.24. The molecular formula is C16H16FNO2S. The van der Waals surface area contributed by atoms with E-state index in [1.807, 2.05) is 24.3 Å². The third-order valence-corrected chi connectivity index (χ3v) is 3.82. The van der Waals surface area contributed by atoms with Gasteiger partial charge in [0.05, 0.1) is 12.9 Å². The van der Waals surface area contributed by atoms with Gasteiger partial charge in [0.25, 0.3) is 0 Å². The number of carbonyl (C=O) groups is 1. The van der Waals surface area contributed by atoms with Crippen LogP contribution in [0.25, 0.3) is 0 Å². The Morgan fingerprint density at radius 2 is 2.00 bits per heavy atom. The van der Waals surface area contributed by atoms with Gasteiger partial charge in [-0.15, -0.1) is 11.8 Å². The maximum atomic E-state index is 12.8. The van der Waals surface area contributed by atoms with E-state index < -0.39 is 0 Å². The van der Waals surface area contributed by atoms with Crippen molar-refractivity contribution in [3.05, 3.63) is 59.9 Å². The molecule has 2 aromatic carbocycles. The first-order valence-corrected chi connectivity index (χ1v) is 7.44. The number of methoxy groups -OCH3 is 1. The summed E-state index contributed by atoms with van der Waals surface area (Å²) in [4.78, 5) is 12.6. The van der Waals surface area contributed by atoms with E-state index in [0.29, 0.717) is 12.3 Å². The van der Waals surface area contributed by atoms with Crippen molar-refractivity contribution < 1.29 is 13.9 Å². The van der Waals surface area contributed by atoms with Crippen molar-refractivity contribution in [1.29, 1.82) is 0 Å². The van der Waals surface area contributed by atoms with Crippen LogP contribution in [-0.2, 0) is 11.3 Å². The van der Waals surface area contributed by atoms with Crippen LogP contribution >= 0.6 is 11.8 Å². The summed E-state index contributed by atoms with van der Waals surface area (Å²) in [6.07, 6.45) is 0. The molecule has 2 aromatic rings. The Morgan fingerprint density at radius 3 is 2.71 bits per heavy atom. The number of thioether (sulfide) groups is 1. The van der Waals surface area contributed by atoms with E-state index in [1.165, 1.54) is 23.9 Å². The number of nitrogens with one attached hydrogen (secondary N) is 1. The normalized spacial score (nSPS) is 10.2. The lowest BCUT2D eigenvalue weighted by Gasteiger charge is -2.07. The van der Waals surface area contributed by atoms with E-state index in [1.54, 1.807) is 19.2 Å². The lowest BCUT2D eigenvalue weighted by atomic mass is 10.2. The second-order valence-corrected chi connectivity index (χ2v) is 5.42. The Bertz CT molecular complexity index is 601. The Hall–Kier alpha value is -2.01. The lowest BCUT2D eigenvalue weighted by Crippen LogP contribution is -2.24. The lowest BCUT2D eigenvalue weighted by molar-refractivity contribution is -0.118. The van der Waals surface area contributed by atoms with Gasteiger partial charge in [-0.3, -0.25) is 4.79 Å². The van der Waals surface area contributed by atoms with Crippen LogP contribution in [0.2, 0.25) is 0 Å². The molecule has 110 valence electrons. The van der Waals surface area contributed by atoms with Crippen molar-refractivity contribution in [2.75, 3.05) is 12.9 Å². The first-order chi connectivity index (χ1) is 10.2. The van der Waals surface area contributed by atoms with Crippen LogP contribution in [0.15, 0.2) is 53.4 Å². The zero-order valence-corrected chi connectivity index (χ0v) is 12.5. The number of amides is 1. The summed E-state index contributed by atoms with van der Waals surface area (Å²) in [5, 5.41) is 2.84. The van der Waals surface area contributed by atoms with Crippen LogP contribution in [0.5, 0.6) is 5.75 Å². The predicted molar refractivity (Wildman–Crippen MR) is 82.0 cm³/mol. The van der Waals surface area contributed by atoms with E-state index in [9.17, 15) is 9.18 Å². The number of benzene rings is 2. The van der Waals surface area contributed by atoms with Crippen LogP contribution in [0.3, 0.4) is 0 Å². The highest BCUT2D eigenvalue weighted by Crippen LogP contribution is 2.17. The van der Waals surface area contributed by atoms with Crippen LogP contribution in [0.4, 0.5) is 4.39 Å². The summed E-state index contributed by atoms with van der Waals surface area (Å²) >= 11 is 1.38. The largest absolute Gasteiger partial charge is 0.497 e. The minimum Gasteiger partial charge on any atom is -0.497 e. The second kappa shape index (κ2) is 7.69. The molecule has 0 atom stereocenters. The van der Waals surface area contributed by atoms with E-state index in [4.69, 9.17) is 4.74 Å². The molecule has 0 aliphatic heterocycles. The first-order valence-electron chi connectivity index (χ1n) is 6.45. The molecule has 0 fully saturated rings. The third-order valence-electron chi connectivity index (χ3n) is 2.81. The second-order valence-electron chi connectivity index (χ2n) is 4.37. The monoisotopic (exact) mass is 305 g/mol. The maximum Gasteiger partial charge on any atom is 0.230 e. The molecule has 0 bridgehead atoms. The van der Waals surface area contributed by atoms with Gasteiger partial charge in [-0.1, -0.05) is 12.1 Å². The van der Waals surface area contributed by atoms with Gasteiger partial charge in [-0.05, 0) is 42.0 Å². The molecule has 3 nitrogen and oxygen atoms in total. The summed E-state index contributed by atoms with van der Waals surface area (Å²) in [5.74, 6) is 0.728. The molecule has 0 aliphatic carbocycles. The fourth-order valence-corrected chi connectivity index (χ4v) is 2.44. The summed E-state index contributed by atoms with van der Waals surface area (Å²) in [6, 6.07) is 13.6. The van der Waals surface area contributed by atoms with E-state index in [2.05, 4.69) is 5.32 Å². The quantitative estimate of drug-likeness (QED) is 0.833. The molecule has 0 spiro atoms. The van der Waals surface area contributed by atoms with Crippen molar-refractivity contribution in [3.8, 4) is 5.75 Å². The molecule has 1 amide bonds. The van der Waals surface area contributed by atoms with Crippen molar-refractivity contribution >= 4 is 17.7 Å². The molecule has 5 heteroatoms. The van der Waals surface area contributed by atoms with Crippen LogP contribution in [0, 0.1) is 5.82 Å². The molecule has 0 unspecified atom stereocenters. The molecule has 0 heterocycles. The molecular weight excluding hydrogens is 289 g/mol. The van der Waals surface area contributed by atoms with Gasteiger partial charge < -0.3 is 10.1 Å². The van der Waals surface area contributed by atoms with Crippen molar-refractivity contribution in [3.63, 3.8) is 0 Å². The van der Waals surface area contributed by atoms with Gasteiger partial charge in [0, 0.05) is 11.4 Å². The smallest absolute Gasteiger partial charge is 0.230 e. The number of rotatable bonds is 6. The third kappa shape index (κ3) is 5.11. The number of halogens is 1. The maximum absolute atomic E-state index is 12.8. The standard InChI is InChI=1S/C16H16FNO2S/c1-20-14-4-2-3-12(9-14)10-18-16(19)11-21-15-7-5-13(17)6-8-15/h2-9H,10-11H2,1H3,(H,18,19). The average molecular weight is 305 g/mol. The molecule has 0 radical (unpaired) electrons. The highest BCUT2D eigenvalue weighted by Gasteiger charge is 2.04. The number of hydrogen-bond acceptors (Lipinski definition) is 3. The van der Waals surface area contributed by atoms with E-state index >= 15 is 0 Å². The molecule has 0 saturated carbocycles. The van der Waals surface area contributed by atoms with Gasteiger partial charge >= 0.3 is 0 Å². The molecule has 0 saturated heterocycles. The fourth-order valence-electron chi connectivity index (χ4n) is 1.71. The zero-order valence-electron chi connectivity index (χ0n) is 11.6. The van der Waals surface area contributed by atoms with Gasteiger partial charge in [-0.2, -0.15) is 0 Å². The van der Waals surface area contributed by atoms with Gasteiger partial charge in [0.1, 0.15) is 11.6 Å². The summed E-state index contributed by atoms with van der Waals surface area (Å²) in [7, 11) is 1.61. The van der Waals surface area contributed by atoms with Crippen molar-refractivity contribution in [2.24, 2.45) is 0 Å². The summed E-state index contributed by atoms with van der Waals surface area (Å²) in [5.41, 5.74) is 0.981. The van der Waals surface area contributed by atoms with E-state index in [-0.39, 0.29) is 11.7 Å². The number of ether oxygens (including phenoxy) is 1. The molecule has 0 aromatic heterocycles. The minimum atomic E-state index is -0.276. The Balaban J connectivity index is 1.78. The Kier molecular flexibility index (Phi) is 5.63. The molecule has 0 aliphatic rings. The van der Waals surface area contributed by atoms with Gasteiger partial charge in [-0.25, -0.2) is 4.39 Å². The van der Waals surface area contributed by atoms with Crippen molar-refractivity contribution in [1.82, 2.24) is 5.32 Å². The van der Waals surface area contributed by atoms with Crippen molar-refractivity contribution in [2.45, 2.75) is 11.4 Å². The highest BCUT2D eigenvalue weighted by atomic mass is 32.2. The summed E-state index contributed by atoms with van der Waals surface area (Å²) in [6.45, 7) is 0.458. The fraction of sp³-hybridized carbons (Fsp3) is 0.188. The number of carbonyl (C=O) groups excluding carboxylic acids is 1. The molecule has 21 heavy (non-hydrogen) atoms. The average Bonchev–Trinajstić information content (AvgIpc) is 2.52. The topological polar surface area (TPSA) is 38.3 Å². The summed E-state index contributed by atoms with van der Waals surface area (Å²) < 4.78 is 17.9. The Morgan fingerprint density at radius 1 is 1.24 bits per heavy atom. The highest BCUT2D eigenvalue weighted by molar-refractivity contribution is 8.00. The van der Waals surface area contributed by atoms with E-state index in [0.717, 1.165) is 16.2 Å². The Labute approximate surface area is 127 Å². The first kappa shape index (κ1) is 15.4.